The van der Waals surface area contributed by atoms with Gasteiger partial charge in [0, 0.05) is 20.4 Å². The molecule has 0 saturated carbocycles. The molecule has 13 heavy (non-hydrogen) atoms. The molecule has 0 N–H and O–H groups in total. The predicted octanol–water partition coefficient (Wildman–Crippen LogP) is 0.353. The lowest BCUT2D eigenvalue weighted by atomic mass is 10.2. The Labute approximate surface area is 76.3 Å². The number of methoxy groups -OCH3 is 2. The normalized spacial score (nSPS) is 10.1. The lowest BCUT2D eigenvalue weighted by Crippen LogP contribution is -2.04. The summed E-state index contributed by atoms with van der Waals surface area (Å²) in [6.07, 6.45) is 1.61. The van der Waals surface area contributed by atoms with Gasteiger partial charge < -0.3 is 9.47 Å². The maximum atomic E-state index is 11.2. The third kappa shape index (κ3) is 2.06. The van der Waals surface area contributed by atoms with E-state index in [1.807, 2.05) is 0 Å². The molecule has 0 amide bonds. The molecule has 0 unspecified atom stereocenters. The van der Waals surface area contributed by atoms with Crippen molar-refractivity contribution >= 4 is 5.97 Å². The van der Waals surface area contributed by atoms with Crippen LogP contribution in [-0.2, 0) is 23.1 Å². The molecule has 0 aliphatic carbocycles. The minimum atomic E-state index is -0.389. The Morgan fingerprint density at radius 3 is 2.85 bits per heavy atom. The van der Waals surface area contributed by atoms with Crippen LogP contribution < -0.4 is 0 Å². The van der Waals surface area contributed by atoms with Crippen LogP contribution in [0.4, 0.5) is 0 Å². The summed E-state index contributed by atoms with van der Waals surface area (Å²) in [6.45, 7) is 0.311. The number of ether oxygens (including phenoxy) is 2. The monoisotopic (exact) mass is 184 g/mol. The topological polar surface area (TPSA) is 53.4 Å². The van der Waals surface area contributed by atoms with Crippen molar-refractivity contribution in [3.63, 3.8) is 0 Å². The van der Waals surface area contributed by atoms with Crippen LogP contribution >= 0.6 is 0 Å². The van der Waals surface area contributed by atoms with Gasteiger partial charge in [-0.2, -0.15) is 5.10 Å². The highest BCUT2D eigenvalue weighted by molar-refractivity contribution is 5.90. The van der Waals surface area contributed by atoms with Crippen LogP contribution in [0.1, 0.15) is 16.1 Å². The second kappa shape index (κ2) is 4.04. The zero-order chi connectivity index (χ0) is 9.84. The molecule has 0 fully saturated rings. The molecule has 1 aromatic rings. The summed E-state index contributed by atoms with van der Waals surface area (Å²) >= 11 is 0. The number of carbonyl (C=O) groups excluding carboxylic acids is 1. The van der Waals surface area contributed by atoms with E-state index in [-0.39, 0.29) is 5.97 Å². The Bertz CT molecular complexity index is 306. The average molecular weight is 184 g/mol. The van der Waals surface area contributed by atoms with Crippen LogP contribution in [0.15, 0.2) is 6.20 Å². The van der Waals surface area contributed by atoms with E-state index < -0.39 is 0 Å². The quantitative estimate of drug-likeness (QED) is 0.636. The summed E-state index contributed by atoms with van der Waals surface area (Å²) in [6, 6.07) is 0. The second-order valence-corrected chi connectivity index (χ2v) is 2.59. The van der Waals surface area contributed by atoms with E-state index in [2.05, 4.69) is 9.84 Å². The molecule has 0 aliphatic rings. The summed E-state index contributed by atoms with van der Waals surface area (Å²) in [5, 5.41) is 4.06. The smallest absolute Gasteiger partial charge is 0.341 e. The maximum absolute atomic E-state index is 11.2. The van der Waals surface area contributed by atoms with Gasteiger partial charge in [-0.3, -0.25) is 4.68 Å². The van der Waals surface area contributed by atoms with Crippen LogP contribution in [0.2, 0.25) is 0 Å². The second-order valence-electron chi connectivity index (χ2n) is 2.59. The van der Waals surface area contributed by atoms with Crippen LogP contribution in [0.3, 0.4) is 0 Å². The molecule has 5 nitrogen and oxygen atoms in total. The minimum Gasteiger partial charge on any atom is -0.465 e. The van der Waals surface area contributed by atoms with Gasteiger partial charge in [-0.25, -0.2) is 4.79 Å². The molecule has 1 rings (SSSR count). The highest BCUT2D eigenvalue weighted by atomic mass is 16.5. The number of aromatic nitrogens is 2. The Morgan fingerprint density at radius 2 is 2.31 bits per heavy atom. The van der Waals surface area contributed by atoms with E-state index in [1.54, 1.807) is 25.0 Å². The fourth-order valence-electron chi connectivity index (χ4n) is 1.06. The molecule has 0 spiro atoms. The highest BCUT2D eigenvalue weighted by Gasteiger charge is 2.15. The Balaban J connectivity index is 2.96. The molecule has 1 heterocycles. The largest absolute Gasteiger partial charge is 0.465 e. The number of nitrogens with zero attached hydrogens (tertiary/aromatic N) is 2. The summed E-state index contributed by atoms with van der Waals surface area (Å²) in [4.78, 5) is 11.2. The van der Waals surface area contributed by atoms with E-state index in [4.69, 9.17) is 4.74 Å². The van der Waals surface area contributed by atoms with Crippen molar-refractivity contribution in [1.29, 1.82) is 0 Å². The number of hydrogen-bond donors (Lipinski definition) is 0. The summed E-state index contributed by atoms with van der Waals surface area (Å²) in [5.41, 5.74) is 1.05. The van der Waals surface area contributed by atoms with Crippen molar-refractivity contribution in [1.82, 2.24) is 9.78 Å². The molecule has 0 atom stereocenters. The lowest BCUT2D eigenvalue weighted by Gasteiger charge is -1.97. The van der Waals surface area contributed by atoms with Gasteiger partial charge in [0.1, 0.15) is 11.3 Å². The van der Waals surface area contributed by atoms with Gasteiger partial charge in [-0.15, -0.1) is 0 Å². The summed E-state index contributed by atoms with van der Waals surface area (Å²) < 4.78 is 11.0. The molecule has 0 aromatic carbocycles. The average Bonchev–Trinajstić information content (AvgIpc) is 2.46. The SMILES string of the molecule is COCc1nn(C)cc1C(=O)OC. The minimum absolute atomic E-state index is 0.311. The van der Waals surface area contributed by atoms with E-state index in [0.29, 0.717) is 17.9 Å². The lowest BCUT2D eigenvalue weighted by molar-refractivity contribution is 0.0595. The van der Waals surface area contributed by atoms with Gasteiger partial charge in [0.05, 0.1) is 13.7 Å². The first-order valence-corrected chi connectivity index (χ1v) is 3.78. The predicted molar refractivity (Wildman–Crippen MR) is 45.3 cm³/mol. The zero-order valence-electron chi connectivity index (χ0n) is 7.90. The van der Waals surface area contributed by atoms with Crippen molar-refractivity contribution < 1.29 is 14.3 Å². The zero-order valence-corrected chi connectivity index (χ0v) is 7.90. The van der Waals surface area contributed by atoms with Gasteiger partial charge in [-0.05, 0) is 0 Å². The van der Waals surface area contributed by atoms with Gasteiger partial charge >= 0.3 is 5.97 Å². The fraction of sp³-hybridized carbons (Fsp3) is 0.500. The third-order valence-corrected chi connectivity index (χ3v) is 1.59. The Morgan fingerprint density at radius 1 is 1.62 bits per heavy atom. The van der Waals surface area contributed by atoms with E-state index in [9.17, 15) is 4.79 Å². The van der Waals surface area contributed by atoms with Crippen LogP contribution in [0.25, 0.3) is 0 Å². The maximum Gasteiger partial charge on any atom is 0.341 e. The molecule has 0 bridgehead atoms. The van der Waals surface area contributed by atoms with Gasteiger partial charge in [0.2, 0.25) is 0 Å². The number of hydrogen-bond acceptors (Lipinski definition) is 4. The van der Waals surface area contributed by atoms with Gasteiger partial charge in [0.15, 0.2) is 0 Å². The molecule has 0 radical (unpaired) electrons. The number of aryl methyl sites for hydroxylation is 1. The van der Waals surface area contributed by atoms with E-state index >= 15 is 0 Å². The summed E-state index contributed by atoms with van der Waals surface area (Å²) in [7, 11) is 4.63. The molecule has 1 aromatic heterocycles. The third-order valence-electron chi connectivity index (χ3n) is 1.59. The molecule has 0 saturated heterocycles. The van der Waals surface area contributed by atoms with Gasteiger partial charge in [-0.1, -0.05) is 0 Å². The molecular formula is C8H12N2O3. The Hall–Kier alpha value is -1.36. The van der Waals surface area contributed by atoms with Crippen molar-refractivity contribution in [2.75, 3.05) is 14.2 Å². The first-order valence-electron chi connectivity index (χ1n) is 3.78. The van der Waals surface area contributed by atoms with Gasteiger partial charge in [0.25, 0.3) is 0 Å². The number of rotatable bonds is 3. The molecular weight excluding hydrogens is 172 g/mol. The number of esters is 1. The fourth-order valence-corrected chi connectivity index (χ4v) is 1.06. The Kier molecular flexibility index (Phi) is 3.02. The van der Waals surface area contributed by atoms with Crippen molar-refractivity contribution in [2.24, 2.45) is 7.05 Å². The van der Waals surface area contributed by atoms with Crippen LogP contribution in [-0.4, -0.2) is 30.0 Å². The number of carbonyl (C=O) groups is 1. The van der Waals surface area contributed by atoms with Crippen molar-refractivity contribution in [3.05, 3.63) is 17.5 Å². The molecule has 5 heteroatoms. The standard InChI is InChI=1S/C8H12N2O3/c1-10-4-6(8(11)13-3)7(9-10)5-12-2/h4H,5H2,1-3H3. The van der Waals surface area contributed by atoms with Crippen molar-refractivity contribution in [2.45, 2.75) is 6.61 Å². The summed E-state index contributed by atoms with van der Waals surface area (Å²) in [5.74, 6) is -0.389. The van der Waals surface area contributed by atoms with Crippen LogP contribution in [0.5, 0.6) is 0 Å². The first kappa shape index (κ1) is 9.73. The molecule has 72 valence electrons. The van der Waals surface area contributed by atoms with Crippen LogP contribution in [0, 0.1) is 0 Å². The highest BCUT2D eigenvalue weighted by Crippen LogP contribution is 2.08. The van der Waals surface area contributed by atoms with E-state index in [0.717, 1.165) is 0 Å². The van der Waals surface area contributed by atoms with E-state index in [1.165, 1.54) is 7.11 Å². The molecule has 0 aliphatic heterocycles. The first-order chi connectivity index (χ1) is 6.19. The van der Waals surface area contributed by atoms with Crippen molar-refractivity contribution in [3.8, 4) is 0 Å².